The van der Waals surface area contributed by atoms with E-state index in [1.165, 1.54) is 0 Å². The number of hydrogen-bond acceptors (Lipinski definition) is 3. The van der Waals surface area contributed by atoms with Crippen molar-refractivity contribution in [3.8, 4) is 5.88 Å². The lowest BCUT2D eigenvalue weighted by Crippen LogP contribution is -2.41. The summed E-state index contributed by atoms with van der Waals surface area (Å²) in [5.74, 6) is -0.482. The maximum absolute atomic E-state index is 12.7. The van der Waals surface area contributed by atoms with Crippen molar-refractivity contribution in [2.75, 3.05) is 0 Å². The highest BCUT2D eigenvalue weighted by molar-refractivity contribution is 5.84. The summed E-state index contributed by atoms with van der Waals surface area (Å²) < 4.78 is 0.338. The van der Waals surface area contributed by atoms with Crippen LogP contribution in [0.1, 0.15) is 22.5 Å². The minimum Gasteiger partial charge on any atom is -0.616 e. The number of aromatic nitrogens is 4. The van der Waals surface area contributed by atoms with Gasteiger partial charge in [-0.3, -0.25) is 4.79 Å². The molecule has 7 nitrogen and oxygen atoms in total. The van der Waals surface area contributed by atoms with Crippen molar-refractivity contribution >= 4 is 21.8 Å². The number of aromatic hydroxyl groups is 1. The van der Waals surface area contributed by atoms with Gasteiger partial charge in [0.15, 0.2) is 0 Å². The predicted octanol–water partition coefficient (Wildman–Crippen LogP) is 2.86. The number of H-pyrrole nitrogens is 3. The van der Waals surface area contributed by atoms with Gasteiger partial charge >= 0.3 is 11.4 Å². The van der Waals surface area contributed by atoms with E-state index in [2.05, 4.69) is 15.0 Å². The molecule has 0 amide bonds. The van der Waals surface area contributed by atoms with Gasteiger partial charge in [0.25, 0.3) is 5.69 Å². The molecule has 3 heterocycles. The molecule has 0 fully saturated rings. The summed E-state index contributed by atoms with van der Waals surface area (Å²) in [4.78, 5) is 21.6. The predicted molar refractivity (Wildman–Crippen MR) is 110 cm³/mol. The molecule has 2 aromatic carbocycles. The Balaban J connectivity index is 1.53. The van der Waals surface area contributed by atoms with Gasteiger partial charge in [0.1, 0.15) is 5.69 Å². The average molecular weight is 386 g/mol. The van der Waals surface area contributed by atoms with E-state index < -0.39 is 11.4 Å². The van der Waals surface area contributed by atoms with Crippen LogP contribution in [-0.2, 0) is 12.8 Å². The summed E-state index contributed by atoms with van der Waals surface area (Å²) in [5, 5.41) is 25.1. The number of rotatable bonds is 4. The maximum Gasteiger partial charge on any atom is 0.397 e. The van der Waals surface area contributed by atoms with Crippen molar-refractivity contribution < 1.29 is 9.84 Å². The van der Waals surface area contributed by atoms with E-state index in [4.69, 9.17) is 0 Å². The third-order valence-electron chi connectivity index (χ3n) is 5.31. The molecule has 5 aromatic rings. The Hall–Kier alpha value is -4.00. The number of hydrogen-bond donors (Lipinski definition) is 4. The second-order valence-electron chi connectivity index (χ2n) is 7.07. The highest BCUT2D eigenvalue weighted by Crippen LogP contribution is 2.23. The molecular formula is C22H18N4O3. The van der Waals surface area contributed by atoms with Crippen molar-refractivity contribution in [3.63, 3.8) is 0 Å². The number of fused-ring (bicyclic) bond motifs is 2. The van der Waals surface area contributed by atoms with Gasteiger partial charge in [0, 0.05) is 40.6 Å². The first-order valence-electron chi connectivity index (χ1n) is 9.28. The van der Waals surface area contributed by atoms with E-state index in [0.29, 0.717) is 4.73 Å². The Morgan fingerprint density at radius 2 is 1.41 bits per heavy atom. The number of para-hydroxylation sites is 2. The van der Waals surface area contributed by atoms with E-state index in [0.717, 1.165) is 32.9 Å². The minimum absolute atomic E-state index is 0.0464. The molecule has 0 saturated carbocycles. The molecular weight excluding hydrogens is 368 g/mol. The molecule has 29 heavy (non-hydrogen) atoms. The van der Waals surface area contributed by atoms with E-state index in [1.54, 1.807) is 6.20 Å². The van der Waals surface area contributed by atoms with Gasteiger partial charge in [-0.2, -0.15) is 0 Å². The van der Waals surface area contributed by atoms with Crippen LogP contribution in [0.4, 0.5) is 0 Å². The third-order valence-corrected chi connectivity index (χ3v) is 5.31. The normalized spacial score (nSPS) is 11.4. The molecule has 4 N–H and O–H groups in total. The summed E-state index contributed by atoms with van der Waals surface area (Å²) in [6.45, 7) is 0. The van der Waals surface area contributed by atoms with Gasteiger partial charge in [-0.1, -0.05) is 36.4 Å². The van der Waals surface area contributed by atoms with Gasteiger partial charge in [-0.05, 0) is 23.3 Å². The fourth-order valence-corrected chi connectivity index (χ4v) is 3.81. The smallest absolute Gasteiger partial charge is 0.397 e. The van der Waals surface area contributed by atoms with Crippen LogP contribution in [0.15, 0.2) is 65.7 Å². The van der Waals surface area contributed by atoms with Crippen molar-refractivity contribution in [1.29, 1.82) is 0 Å². The Morgan fingerprint density at radius 1 is 0.862 bits per heavy atom. The zero-order chi connectivity index (χ0) is 20.0. The van der Waals surface area contributed by atoms with Gasteiger partial charge in [0.05, 0.1) is 6.42 Å². The Kier molecular flexibility index (Phi) is 3.87. The molecule has 7 heteroatoms. The molecule has 5 rings (SSSR count). The molecule has 0 aliphatic rings. The van der Waals surface area contributed by atoms with Crippen LogP contribution in [0.3, 0.4) is 0 Å². The first-order chi connectivity index (χ1) is 14.1. The average Bonchev–Trinajstić information content (AvgIpc) is 3.34. The fourth-order valence-electron chi connectivity index (χ4n) is 3.81. The molecule has 144 valence electrons. The Bertz CT molecular complexity index is 1410. The lowest BCUT2D eigenvalue weighted by atomic mass is 10.1. The largest absolute Gasteiger partial charge is 0.616 e. The topological polar surface area (TPSA) is 112 Å². The highest BCUT2D eigenvalue weighted by atomic mass is 16.5. The summed E-state index contributed by atoms with van der Waals surface area (Å²) >= 11 is 0. The van der Waals surface area contributed by atoms with E-state index in [-0.39, 0.29) is 24.2 Å². The lowest BCUT2D eigenvalue weighted by molar-refractivity contribution is -0.623. The lowest BCUT2D eigenvalue weighted by Gasteiger charge is -2.08. The first kappa shape index (κ1) is 17.1. The van der Waals surface area contributed by atoms with Crippen LogP contribution < -0.4 is 10.3 Å². The third kappa shape index (κ3) is 2.84. The van der Waals surface area contributed by atoms with E-state index in [1.807, 2.05) is 54.7 Å². The zero-order valence-corrected chi connectivity index (χ0v) is 15.4. The first-order valence-corrected chi connectivity index (χ1v) is 9.28. The van der Waals surface area contributed by atoms with Crippen molar-refractivity contribution in [3.05, 3.63) is 99.0 Å². The van der Waals surface area contributed by atoms with Crippen LogP contribution in [0.25, 0.3) is 21.8 Å². The molecule has 0 radical (unpaired) electrons. The molecule has 3 aromatic heterocycles. The second kappa shape index (κ2) is 6.56. The zero-order valence-electron chi connectivity index (χ0n) is 15.4. The second-order valence-corrected chi connectivity index (χ2v) is 7.07. The fraction of sp³-hybridized carbons (Fsp3) is 0.0909. The monoisotopic (exact) mass is 386 g/mol. The molecule has 0 bridgehead atoms. The molecule has 0 aliphatic heterocycles. The maximum atomic E-state index is 12.7. The Morgan fingerprint density at radius 3 is 2.03 bits per heavy atom. The summed E-state index contributed by atoms with van der Waals surface area (Å²) in [5.41, 5.74) is 3.23. The standard InChI is InChI=1S/C22H18N4O3/c27-21-20(10-14-12-24-18-8-4-2-6-16(14)18)26(29)22(28)19(25-21)9-13-11-23-17-7-3-1-5-15(13)17/h1-8,11-12,23-24,28H,9-10H2,(H,25,27). The minimum atomic E-state index is -0.502. The Labute approximate surface area is 164 Å². The summed E-state index contributed by atoms with van der Waals surface area (Å²) in [7, 11) is 0. The van der Waals surface area contributed by atoms with Crippen LogP contribution in [0.2, 0.25) is 0 Å². The molecule has 0 saturated heterocycles. The van der Waals surface area contributed by atoms with Crippen LogP contribution in [0, 0.1) is 5.21 Å². The quantitative estimate of drug-likeness (QED) is 0.281. The van der Waals surface area contributed by atoms with Gasteiger partial charge in [-0.15, -0.1) is 4.73 Å². The van der Waals surface area contributed by atoms with Crippen LogP contribution >= 0.6 is 0 Å². The van der Waals surface area contributed by atoms with E-state index >= 15 is 0 Å². The summed E-state index contributed by atoms with van der Waals surface area (Å²) in [6, 6.07) is 15.4. The van der Waals surface area contributed by atoms with Crippen LogP contribution in [-0.4, -0.2) is 20.1 Å². The molecule has 0 unspecified atom stereocenters. The van der Waals surface area contributed by atoms with Gasteiger partial charge in [0.2, 0.25) is 0 Å². The van der Waals surface area contributed by atoms with Crippen molar-refractivity contribution in [1.82, 2.24) is 15.0 Å². The highest BCUT2D eigenvalue weighted by Gasteiger charge is 2.23. The van der Waals surface area contributed by atoms with E-state index in [9.17, 15) is 15.1 Å². The molecule has 0 aliphatic carbocycles. The molecule has 0 atom stereocenters. The van der Waals surface area contributed by atoms with Crippen LogP contribution in [0.5, 0.6) is 5.88 Å². The van der Waals surface area contributed by atoms with Gasteiger partial charge in [-0.25, -0.2) is 0 Å². The van der Waals surface area contributed by atoms with Crippen molar-refractivity contribution in [2.45, 2.75) is 12.8 Å². The van der Waals surface area contributed by atoms with Gasteiger partial charge < -0.3 is 25.3 Å². The SMILES string of the molecule is O=c1[nH]c(Cc2c[nH]c3ccccc23)c(O)[n+]([O-])c1Cc1c[nH]c2ccccc12. The molecule has 0 spiro atoms. The number of nitrogens with one attached hydrogen (secondary N) is 3. The van der Waals surface area contributed by atoms with Crippen molar-refractivity contribution in [2.24, 2.45) is 0 Å². The number of benzene rings is 2. The number of nitrogens with zero attached hydrogens (tertiary/aromatic N) is 1. The summed E-state index contributed by atoms with van der Waals surface area (Å²) in [6.07, 6.45) is 3.95. The number of aromatic amines is 3.